The molecule has 0 aliphatic carbocycles. The fourth-order valence-electron chi connectivity index (χ4n) is 1.36. The molecule has 0 saturated heterocycles. The van der Waals surface area contributed by atoms with Crippen LogP contribution in [-0.2, 0) is 0 Å². The summed E-state index contributed by atoms with van der Waals surface area (Å²) in [6.07, 6.45) is 2.64. The highest BCUT2D eigenvalue weighted by atomic mass is 35.5. The maximum atomic E-state index is 10.8. The first-order valence-corrected chi connectivity index (χ1v) is 4.57. The number of hydrogen-bond acceptors (Lipinski definition) is 1. The van der Waals surface area contributed by atoms with E-state index in [1.807, 2.05) is 18.3 Å². The van der Waals surface area contributed by atoms with Gasteiger partial charge in [0, 0.05) is 28.0 Å². The van der Waals surface area contributed by atoms with Crippen LogP contribution in [0.5, 0.6) is 0 Å². The molecule has 70 valence electrons. The van der Waals surface area contributed by atoms with E-state index in [0.717, 1.165) is 17.5 Å². The van der Waals surface area contributed by atoms with Gasteiger partial charge in [0.2, 0.25) is 0 Å². The van der Waals surface area contributed by atoms with Gasteiger partial charge in [0.1, 0.15) is 0 Å². The molecule has 0 atom stereocenters. The monoisotopic (exact) mass is 205 g/mol. The van der Waals surface area contributed by atoms with Crippen LogP contribution in [0.1, 0.15) is 10.4 Å². The number of benzene rings is 1. The quantitative estimate of drug-likeness (QED) is 0.751. The molecule has 0 aliphatic rings. The SMILES string of the molecule is O=Cc1ccc(Cl)cc1-c1ccc[nH]1. The van der Waals surface area contributed by atoms with Crippen LogP contribution in [0.25, 0.3) is 11.3 Å². The van der Waals surface area contributed by atoms with Crippen LogP contribution >= 0.6 is 11.6 Å². The Kier molecular flexibility index (Phi) is 2.37. The third-order valence-electron chi connectivity index (χ3n) is 2.03. The Morgan fingerprint density at radius 2 is 2.14 bits per heavy atom. The molecule has 0 bridgehead atoms. The molecule has 1 aromatic carbocycles. The lowest BCUT2D eigenvalue weighted by Crippen LogP contribution is -1.87. The third kappa shape index (κ3) is 1.56. The molecular formula is C11H8ClNO. The highest BCUT2D eigenvalue weighted by molar-refractivity contribution is 6.31. The third-order valence-corrected chi connectivity index (χ3v) is 2.27. The van der Waals surface area contributed by atoms with Crippen molar-refractivity contribution in [3.63, 3.8) is 0 Å². The molecular weight excluding hydrogens is 198 g/mol. The summed E-state index contributed by atoms with van der Waals surface area (Å²) in [6.45, 7) is 0. The van der Waals surface area contributed by atoms with E-state index >= 15 is 0 Å². The first-order valence-electron chi connectivity index (χ1n) is 4.20. The summed E-state index contributed by atoms with van der Waals surface area (Å²) in [7, 11) is 0. The maximum absolute atomic E-state index is 10.8. The second kappa shape index (κ2) is 3.68. The molecule has 0 saturated carbocycles. The standard InChI is InChI=1S/C11H8ClNO/c12-9-4-3-8(7-14)10(6-9)11-2-1-5-13-11/h1-7,13H. The summed E-state index contributed by atoms with van der Waals surface area (Å²) < 4.78 is 0. The number of rotatable bonds is 2. The van der Waals surface area contributed by atoms with Gasteiger partial charge in [0.15, 0.2) is 6.29 Å². The van der Waals surface area contributed by atoms with E-state index in [0.29, 0.717) is 10.6 Å². The molecule has 2 nitrogen and oxygen atoms in total. The van der Waals surface area contributed by atoms with Gasteiger partial charge in [-0.15, -0.1) is 0 Å². The van der Waals surface area contributed by atoms with E-state index in [9.17, 15) is 4.79 Å². The Morgan fingerprint density at radius 1 is 1.29 bits per heavy atom. The number of H-pyrrole nitrogens is 1. The molecule has 3 heteroatoms. The van der Waals surface area contributed by atoms with E-state index in [-0.39, 0.29) is 0 Å². The minimum Gasteiger partial charge on any atom is -0.361 e. The van der Waals surface area contributed by atoms with E-state index in [4.69, 9.17) is 11.6 Å². The summed E-state index contributed by atoms with van der Waals surface area (Å²) in [5, 5.41) is 0.625. The molecule has 0 spiro atoms. The van der Waals surface area contributed by atoms with Crippen molar-refractivity contribution in [1.29, 1.82) is 0 Å². The first-order chi connectivity index (χ1) is 6.81. The lowest BCUT2D eigenvalue weighted by atomic mass is 10.1. The summed E-state index contributed by atoms with van der Waals surface area (Å²) >= 11 is 5.86. The van der Waals surface area contributed by atoms with Gasteiger partial charge in [0.25, 0.3) is 0 Å². The van der Waals surface area contributed by atoms with Crippen LogP contribution in [0.4, 0.5) is 0 Å². The first kappa shape index (κ1) is 9.03. The zero-order chi connectivity index (χ0) is 9.97. The molecule has 1 N–H and O–H groups in total. The van der Waals surface area contributed by atoms with Crippen molar-refractivity contribution in [3.05, 3.63) is 47.1 Å². The number of carbonyl (C=O) groups is 1. The van der Waals surface area contributed by atoms with Gasteiger partial charge in [-0.2, -0.15) is 0 Å². The highest BCUT2D eigenvalue weighted by Crippen LogP contribution is 2.24. The van der Waals surface area contributed by atoms with Crippen molar-refractivity contribution in [1.82, 2.24) is 4.98 Å². The lowest BCUT2D eigenvalue weighted by molar-refractivity contribution is 0.112. The summed E-state index contributed by atoms with van der Waals surface area (Å²) in [4.78, 5) is 13.8. The van der Waals surface area contributed by atoms with Crippen LogP contribution in [0.2, 0.25) is 5.02 Å². The average molecular weight is 206 g/mol. The molecule has 14 heavy (non-hydrogen) atoms. The average Bonchev–Trinajstić information content (AvgIpc) is 2.70. The molecule has 2 rings (SSSR count). The number of hydrogen-bond donors (Lipinski definition) is 1. The Bertz CT molecular complexity index is 448. The Hall–Kier alpha value is -1.54. The molecule has 0 radical (unpaired) electrons. The second-order valence-electron chi connectivity index (χ2n) is 2.93. The minimum absolute atomic E-state index is 0.625. The van der Waals surface area contributed by atoms with E-state index in [1.165, 1.54) is 0 Å². The fourth-order valence-corrected chi connectivity index (χ4v) is 1.53. The molecule has 1 heterocycles. The number of aromatic nitrogens is 1. The molecule has 1 aromatic heterocycles. The highest BCUT2D eigenvalue weighted by Gasteiger charge is 2.05. The van der Waals surface area contributed by atoms with Crippen molar-refractivity contribution >= 4 is 17.9 Å². The zero-order valence-corrected chi connectivity index (χ0v) is 8.08. The fraction of sp³-hybridized carbons (Fsp3) is 0. The predicted octanol–water partition coefficient (Wildman–Crippen LogP) is 3.15. The van der Waals surface area contributed by atoms with Crippen LogP contribution < -0.4 is 0 Å². The van der Waals surface area contributed by atoms with Crippen molar-refractivity contribution in [2.45, 2.75) is 0 Å². The van der Waals surface area contributed by atoms with Crippen molar-refractivity contribution in [2.24, 2.45) is 0 Å². The zero-order valence-electron chi connectivity index (χ0n) is 7.33. The molecule has 2 aromatic rings. The molecule has 0 fully saturated rings. The Morgan fingerprint density at radius 3 is 2.79 bits per heavy atom. The normalized spacial score (nSPS) is 10.1. The van der Waals surface area contributed by atoms with Gasteiger partial charge < -0.3 is 4.98 Å². The Balaban J connectivity index is 2.61. The minimum atomic E-state index is 0.625. The van der Waals surface area contributed by atoms with E-state index in [1.54, 1.807) is 18.2 Å². The number of carbonyl (C=O) groups excluding carboxylic acids is 1. The smallest absolute Gasteiger partial charge is 0.150 e. The van der Waals surface area contributed by atoms with Gasteiger partial charge in [-0.05, 0) is 30.3 Å². The van der Waals surface area contributed by atoms with Crippen LogP contribution in [0.15, 0.2) is 36.5 Å². The summed E-state index contributed by atoms with van der Waals surface area (Å²) in [6, 6.07) is 8.98. The van der Waals surface area contributed by atoms with Crippen molar-refractivity contribution in [3.8, 4) is 11.3 Å². The number of aldehydes is 1. The van der Waals surface area contributed by atoms with Gasteiger partial charge in [-0.1, -0.05) is 11.6 Å². The topological polar surface area (TPSA) is 32.9 Å². The molecule has 0 aliphatic heterocycles. The lowest BCUT2D eigenvalue weighted by Gasteiger charge is -2.02. The van der Waals surface area contributed by atoms with Gasteiger partial charge in [-0.3, -0.25) is 4.79 Å². The number of halogens is 1. The van der Waals surface area contributed by atoms with Crippen LogP contribution in [-0.4, -0.2) is 11.3 Å². The predicted molar refractivity (Wildman–Crippen MR) is 56.6 cm³/mol. The van der Waals surface area contributed by atoms with Gasteiger partial charge in [0.05, 0.1) is 0 Å². The summed E-state index contributed by atoms with van der Waals surface area (Å²) in [5.74, 6) is 0. The van der Waals surface area contributed by atoms with E-state index < -0.39 is 0 Å². The van der Waals surface area contributed by atoms with Crippen molar-refractivity contribution < 1.29 is 4.79 Å². The second-order valence-corrected chi connectivity index (χ2v) is 3.37. The van der Waals surface area contributed by atoms with Gasteiger partial charge in [-0.25, -0.2) is 0 Å². The molecule has 0 unspecified atom stereocenters. The van der Waals surface area contributed by atoms with Crippen molar-refractivity contribution in [2.75, 3.05) is 0 Å². The number of aromatic amines is 1. The van der Waals surface area contributed by atoms with Crippen LogP contribution in [0, 0.1) is 0 Å². The van der Waals surface area contributed by atoms with Crippen LogP contribution in [0.3, 0.4) is 0 Å². The van der Waals surface area contributed by atoms with E-state index in [2.05, 4.69) is 4.98 Å². The molecule has 0 amide bonds. The van der Waals surface area contributed by atoms with Gasteiger partial charge >= 0.3 is 0 Å². The Labute approximate surface area is 86.5 Å². The summed E-state index contributed by atoms with van der Waals surface area (Å²) in [5.41, 5.74) is 2.36. The number of nitrogens with one attached hydrogen (secondary N) is 1. The largest absolute Gasteiger partial charge is 0.361 e. The maximum Gasteiger partial charge on any atom is 0.150 e.